The van der Waals surface area contributed by atoms with Gasteiger partial charge < -0.3 is 14.1 Å². The molecule has 0 unspecified atom stereocenters. The second kappa shape index (κ2) is 5.99. The van der Waals surface area contributed by atoms with Crippen LogP contribution in [-0.4, -0.2) is 39.9 Å². The average Bonchev–Trinajstić information content (AvgIpc) is 3.19. The van der Waals surface area contributed by atoms with Crippen LogP contribution in [0.4, 0.5) is 5.82 Å². The number of aromatic nitrogens is 4. The van der Waals surface area contributed by atoms with Crippen molar-refractivity contribution < 1.29 is 9.15 Å². The van der Waals surface area contributed by atoms with E-state index >= 15 is 0 Å². The highest BCUT2D eigenvalue weighted by atomic mass is 35.5. The van der Waals surface area contributed by atoms with Crippen molar-refractivity contribution in [2.75, 3.05) is 18.6 Å². The van der Waals surface area contributed by atoms with Crippen LogP contribution in [0.5, 0.6) is 0 Å². The fourth-order valence-electron chi connectivity index (χ4n) is 3.13. The number of aryl methyl sites for hydroxylation is 1. The van der Waals surface area contributed by atoms with Gasteiger partial charge in [-0.1, -0.05) is 11.6 Å². The maximum absolute atomic E-state index is 6.08. The van der Waals surface area contributed by atoms with E-state index in [2.05, 4.69) is 25.1 Å². The largest absolute Gasteiger partial charge is 0.423 e. The number of nitrogens with zero attached hydrogens (tertiary/aromatic N) is 5. The van der Waals surface area contributed by atoms with Crippen LogP contribution in [0, 0.1) is 6.92 Å². The van der Waals surface area contributed by atoms with Crippen molar-refractivity contribution in [2.24, 2.45) is 0 Å². The van der Waals surface area contributed by atoms with E-state index in [1.807, 2.05) is 18.2 Å². The molecule has 1 aromatic carbocycles. The molecule has 1 fully saturated rings. The van der Waals surface area contributed by atoms with Crippen molar-refractivity contribution in [1.82, 2.24) is 20.2 Å². The molecule has 1 aliphatic heterocycles. The highest BCUT2D eigenvalue weighted by Crippen LogP contribution is 2.38. The van der Waals surface area contributed by atoms with Gasteiger partial charge in [0.25, 0.3) is 0 Å². The Morgan fingerprint density at radius 1 is 1.29 bits per heavy atom. The molecule has 3 heterocycles. The molecule has 3 aromatic rings. The molecule has 124 valence electrons. The Bertz CT molecular complexity index is 884. The van der Waals surface area contributed by atoms with Crippen LogP contribution in [0.25, 0.3) is 10.9 Å². The summed E-state index contributed by atoms with van der Waals surface area (Å²) in [5, 5.41) is 9.71. The molecule has 0 N–H and O–H groups in total. The number of ether oxygens (including phenoxy) is 1. The van der Waals surface area contributed by atoms with Gasteiger partial charge in [0.1, 0.15) is 18.2 Å². The summed E-state index contributed by atoms with van der Waals surface area (Å²) in [4.78, 5) is 10.9. The van der Waals surface area contributed by atoms with Crippen LogP contribution < -0.4 is 4.90 Å². The van der Waals surface area contributed by atoms with Gasteiger partial charge in [0.15, 0.2) is 0 Å². The van der Waals surface area contributed by atoms with Crippen molar-refractivity contribution in [3.05, 3.63) is 41.3 Å². The number of benzene rings is 1. The lowest BCUT2D eigenvalue weighted by Gasteiger charge is -2.24. The van der Waals surface area contributed by atoms with E-state index in [4.69, 9.17) is 20.8 Å². The monoisotopic (exact) mass is 345 g/mol. The lowest BCUT2D eigenvalue weighted by atomic mass is 10.2. The van der Waals surface area contributed by atoms with Crippen molar-refractivity contribution in [2.45, 2.75) is 25.5 Å². The van der Waals surface area contributed by atoms with Crippen LogP contribution >= 0.6 is 11.6 Å². The zero-order chi connectivity index (χ0) is 16.7. The number of fused-ring (bicyclic) bond motifs is 1. The first kappa shape index (κ1) is 15.3. The first-order chi connectivity index (χ1) is 11.7. The van der Waals surface area contributed by atoms with Crippen LogP contribution in [-0.2, 0) is 4.74 Å². The molecular formula is C16H16ClN5O2. The van der Waals surface area contributed by atoms with E-state index in [9.17, 15) is 0 Å². The Labute approximate surface area is 143 Å². The van der Waals surface area contributed by atoms with Crippen molar-refractivity contribution >= 4 is 28.3 Å². The van der Waals surface area contributed by atoms with Gasteiger partial charge in [-0.2, -0.15) is 0 Å². The number of anilines is 1. The van der Waals surface area contributed by atoms with E-state index in [1.54, 1.807) is 20.4 Å². The normalized spacial score (nSPS) is 20.9. The fraction of sp³-hybridized carbons (Fsp3) is 0.375. The highest BCUT2D eigenvalue weighted by molar-refractivity contribution is 6.31. The first-order valence-electron chi connectivity index (χ1n) is 7.65. The molecule has 0 radical (unpaired) electrons. The number of rotatable bonds is 3. The van der Waals surface area contributed by atoms with E-state index < -0.39 is 0 Å². The Hall–Kier alpha value is -2.25. The molecular weight excluding hydrogens is 330 g/mol. The van der Waals surface area contributed by atoms with Crippen LogP contribution in [0.3, 0.4) is 0 Å². The maximum atomic E-state index is 6.08. The minimum Gasteiger partial charge on any atom is -0.423 e. The highest BCUT2D eigenvalue weighted by Gasteiger charge is 2.38. The van der Waals surface area contributed by atoms with Crippen molar-refractivity contribution in [3.8, 4) is 0 Å². The lowest BCUT2D eigenvalue weighted by molar-refractivity contribution is 0.117. The third-order valence-corrected chi connectivity index (χ3v) is 4.51. The predicted molar refractivity (Wildman–Crippen MR) is 89.1 cm³/mol. The SMILES string of the molecule is CO[C@H]1C[C@H](c2nnc(C)o2)N(c2ncnc3cc(Cl)ccc23)C1. The molecule has 7 nitrogen and oxygen atoms in total. The summed E-state index contributed by atoms with van der Waals surface area (Å²) < 4.78 is 11.2. The van der Waals surface area contributed by atoms with Gasteiger partial charge in [0, 0.05) is 37.4 Å². The van der Waals surface area contributed by atoms with Crippen LogP contribution in [0.2, 0.25) is 5.02 Å². The summed E-state index contributed by atoms with van der Waals surface area (Å²) >= 11 is 6.08. The molecule has 0 amide bonds. The average molecular weight is 346 g/mol. The van der Waals surface area contributed by atoms with Gasteiger partial charge in [-0.05, 0) is 18.2 Å². The number of methoxy groups -OCH3 is 1. The second-order valence-corrected chi connectivity index (χ2v) is 6.22. The van der Waals surface area contributed by atoms with Crippen LogP contribution in [0.15, 0.2) is 28.9 Å². The third kappa shape index (κ3) is 2.59. The first-order valence-corrected chi connectivity index (χ1v) is 8.03. The maximum Gasteiger partial charge on any atom is 0.238 e. The van der Waals surface area contributed by atoms with Gasteiger partial charge in [-0.25, -0.2) is 9.97 Å². The summed E-state index contributed by atoms with van der Waals surface area (Å²) in [5.41, 5.74) is 0.800. The minimum absolute atomic E-state index is 0.0690. The number of halogens is 1. The van der Waals surface area contributed by atoms with Crippen molar-refractivity contribution in [1.29, 1.82) is 0 Å². The third-order valence-electron chi connectivity index (χ3n) is 4.27. The zero-order valence-corrected chi connectivity index (χ0v) is 14.1. The summed E-state index contributed by atoms with van der Waals surface area (Å²) in [7, 11) is 1.71. The molecule has 0 saturated carbocycles. The summed E-state index contributed by atoms with van der Waals surface area (Å²) in [6, 6.07) is 5.53. The number of hydrogen-bond acceptors (Lipinski definition) is 7. The Morgan fingerprint density at radius 3 is 2.92 bits per heavy atom. The van der Waals surface area contributed by atoms with E-state index in [0.717, 1.165) is 23.1 Å². The molecule has 24 heavy (non-hydrogen) atoms. The zero-order valence-electron chi connectivity index (χ0n) is 13.3. The van der Waals surface area contributed by atoms with Gasteiger partial charge >= 0.3 is 0 Å². The van der Waals surface area contributed by atoms with E-state index in [-0.39, 0.29) is 12.1 Å². The Kier molecular flexibility index (Phi) is 3.82. The van der Waals surface area contributed by atoms with Crippen molar-refractivity contribution in [3.63, 3.8) is 0 Å². The smallest absolute Gasteiger partial charge is 0.238 e. The predicted octanol–water partition coefficient (Wildman–Crippen LogP) is 2.94. The molecule has 1 aliphatic rings. The fourth-order valence-corrected chi connectivity index (χ4v) is 3.29. The molecule has 0 aliphatic carbocycles. The molecule has 0 spiro atoms. The lowest BCUT2D eigenvalue weighted by Crippen LogP contribution is -2.26. The van der Waals surface area contributed by atoms with Crippen LogP contribution in [0.1, 0.15) is 24.2 Å². The summed E-state index contributed by atoms with van der Waals surface area (Å²) in [6.45, 7) is 2.48. The quantitative estimate of drug-likeness (QED) is 0.722. The van der Waals surface area contributed by atoms with Gasteiger partial charge in [0.2, 0.25) is 11.8 Å². The standard InChI is InChI=1S/C16H16ClN5O2/c1-9-20-21-16(24-9)14-6-11(23-2)7-22(14)15-12-4-3-10(17)5-13(12)18-8-19-15/h3-5,8,11,14H,6-7H2,1-2H3/t11-,14+/m0/s1. The van der Waals surface area contributed by atoms with E-state index in [1.165, 1.54) is 0 Å². The Morgan fingerprint density at radius 2 is 2.17 bits per heavy atom. The summed E-state index contributed by atoms with van der Waals surface area (Å²) in [6.07, 6.45) is 2.38. The molecule has 0 bridgehead atoms. The van der Waals surface area contributed by atoms with E-state index in [0.29, 0.717) is 23.3 Å². The van der Waals surface area contributed by atoms with Gasteiger partial charge in [-0.15, -0.1) is 10.2 Å². The second-order valence-electron chi connectivity index (χ2n) is 5.78. The summed E-state index contributed by atoms with van der Waals surface area (Å²) in [5.74, 6) is 1.94. The van der Waals surface area contributed by atoms with Gasteiger partial charge in [0.05, 0.1) is 11.6 Å². The topological polar surface area (TPSA) is 77.2 Å². The molecule has 2 aromatic heterocycles. The number of hydrogen-bond donors (Lipinski definition) is 0. The minimum atomic E-state index is -0.0788. The molecule has 8 heteroatoms. The van der Waals surface area contributed by atoms with Gasteiger partial charge in [-0.3, -0.25) is 0 Å². The Balaban J connectivity index is 1.81. The molecule has 1 saturated heterocycles. The molecule has 4 rings (SSSR count). The molecule has 2 atom stereocenters.